The molecule has 1 aliphatic rings. The SMILES string of the molecule is CCOc1ncc(C(=O)N2CCc3ncsc3C2)cc1Cl. The maximum absolute atomic E-state index is 12.5. The number of pyridine rings is 1. The van der Waals surface area contributed by atoms with E-state index in [9.17, 15) is 4.79 Å². The molecule has 0 aliphatic carbocycles. The van der Waals surface area contributed by atoms with Crippen molar-refractivity contribution < 1.29 is 9.53 Å². The van der Waals surface area contributed by atoms with Crippen LogP contribution in [0.2, 0.25) is 5.02 Å². The summed E-state index contributed by atoms with van der Waals surface area (Å²) < 4.78 is 5.28. The van der Waals surface area contributed by atoms with Gasteiger partial charge >= 0.3 is 0 Å². The fourth-order valence-corrected chi connectivity index (χ4v) is 3.31. The number of rotatable bonds is 3. The van der Waals surface area contributed by atoms with Crippen LogP contribution in [0.5, 0.6) is 5.88 Å². The molecule has 0 N–H and O–H groups in total. The number of amides is 1. The highest BCUT2D eigenvalue weighted by molar-refractivity contribution is 7.09. The summed E-state index contributed by atoms with van der Waals surface area (Å²) in [7, 11) is 0. The summed E-state index contributed by atoms with van der Waals surface area (Å²) in [5.41, 5.74) is 3.41. The van der Waals surface area contributed by atoms with Crippen molar-refractivity contribution in [1.82, 2.24) is 14.9 Å². The van der Waals surface area contributed by atoms with Crippen LogP contribution in [0.4, 0.5) is 0 Å². The molecule has 3 rings (SSSR count). The lowest BCUT2D eigenvalue weighted by molar-refractivity contribution is 0.0735. The van der Waals surface area contributed by atoms with Gasteiger partial charge < -0.3 is 9.64 Å². The molecule has 0 bridgehead atoms. The van der Waals surface area contributed by atoms with Crippen molar-refractivity contribution in [3.8, 4) is 5.88 Å². The van der Waals surface area contributed by atoms with Crippen LogP contribution in [0, 0.1) is 0 Å². The third-order valence-corrected chi connectivity index (χ3v) is 4.43. The van der Waals surface area contributed by atoms with E-state index in [1.807, 2.05) is 12.4 Å². The second kappa shape index (κ2) is 5.99. The van der Waals surface area contributed by atoms with E-state index in [0.29, 0.717) is 36.2 Å². The average molecular weight is 324 g/mol. The minimum Gasteiger partial charge on any atom is -0.477 e. The van der Waals surface area contributed by atoms with E-state index >= 15 is 0 Å². The Bertz CT molecular complexity index is 674. The molecule has 0 atom stereocenters. The molecule has 0 fully saturated rings. The lowest BCUT2D eigenvalue weighted by Gasteiger charge is -2.26. The number of aromatic nitrogens is 2. The summed E-state index contributed by atoms with van der Waals surface area (Å²) in [6.45, 7) is 3.61. The van der Waals surface area contributed by atoms with E-state index in [1.165, 1.54) is 6.20 Å². The number of hydrogen-bond donors (Lipinski definition) is 0. The van der Waals surface area contributed by atoms with Gasteiger partial charge in [0.25, 0.3) is 5.91 Å². The van der Waals surface area contributed by atoms with Crippen LogP contribution < -0.4 is 4.74 Å². The van der Waals surface area contributed by atoms with Gasteiger partial charge in [0.15, 0.2) is 0 Å². The molecule has 110 valence electrons. The Kier molecular flexibility index (Phi) is 4.07. The van der Waals surface area contributed by atoms with Crippen molar-refractivity contribution in [3.05, 3.63) is 38.9 Å². The molecular weight excluding hydrogens is 310 g/mol. The number of fused-ring (bicyclic) bond motifs is 1. The maximum atomic E-state index is 12.5. The van der Waals surface area contributed by atoms with E-state index < -0.39 is 0 Å². The number of ether oxygens (including phenoxy) is 1. The number of carbonyl (C=O) groups is 1. The zero-order chi connectivity index (χ0) is 14.8. The first-order chi connectivity index (χ1) is 10.2. The van der Waals surface area contributed by atoms with Gasteiger partial charge in [-0.05, 0) is 13.0 Å². The van der Waals surface area contributed by atoms with Crippen LogP contribution in [-0.4, -0.2) is 33.9 Å². The molecular formula is C14H14ClN3O2S. The molecule has 7 heteroatoms. The van der Waals surface area contributed by atoms with Gasteiger partial charge in [-0.2, -0.15) is 0 Å². The maximum Gasteiger partial charge on any atom is 0.255 e. The Balaban J connectivity index is 1.78. The van der Waals surface area contributed by atoms with Crippen LogP contribution in [0.15, 0.2) is 17.8 Å². The molecule has 0 spiro atoms. The van der Waals surface area contributed by atoms with Crippen molar-refractivity contribution in [3.63, 3.8) is 0 Å². The largest absolute Gasteiger partial charge is 0.477 e. The topological polar surface area (TPSA) is 55.3 Å². The normalized spacial score (nSPS) is 13.9. The molecule has 3 heterocycles. The quantitative estimate of drug-likeness (QED) is 0.871. The summed E-state index contributed by atoms with van der Waals surface area (Å²) in [6.07, 6.45) is 2.31. The molecule has 0 radical (unpaired) electrons. The number of thiazole rings is 1. The minimum atomic E-state index is -0.0634. The fraction of sp³-hybridized carbons (Fsp3) is 0.357. The van der Waals surface area contributed by atoms with Crippen molar-refractivity contribution in [2.24, 2.45) is 0 Å². The summed E-state index contributed by atoms with van der Waals surface area (Å²) in [6, 6.07) is 1.62. The van der Waals surface area contributed by atoms with E-state index in [2.05, 4.69) is 9.97 Å². The highest BCUT2D eigenvalue weighted by Gasteiger charge is 2.24. The summed E-state index contributed by atoms with van der Waals surface area (Å²) in [5, 5.41) is 0.359. The Hall–Kier alpha value is -1.66. The van der Waals surface area contributed by atoms with Gasteiger partial charge in [-0.1, -0.05) is 11.6 Å². The zero-order valence-electron chi connectivity index (χ0n) is 11.5. The minimum absolute atomic E-state index is 0.0634. The zero-order valence-corrected chi connectivity index (χ0v) is 13.1. The molecule has 0 saturated heterocycles. The second-order valence-electron chi connectivity index (χ2n) is 4.64. The first-order valence-electron chi connectivity index (χ1n) is 6.68. The molecule has 2 aromatic rings. The first kappa shape index (κ1) is 14.3. The molecule has 5 nitrogen and oxygen atoms in total. The number of nitrogens with zero attached hydrogens (tertiary/aromatic N) is 3. The van der Waals surface area contributed by atoms with Gasteiger partial charge in [0.05, 0.1) is 29.9 Å². The predicted octanol–water partition coefficient (Wildman–Crippen LogP) is 2.79. The average Bonchev–Trinajstić information content (AvgIpc) is 2.96. The van der Waals surface area contributed by atoms with Gasteiger partial charge in [0.1, 0.15) is 5.02 Å². The molecule has 1 aliphatic heterocycles. The Labute approximate surface area is 131 Å². The summed E-state index contributed by atoms with van der Waals surface area (Å²) >= 11 is 7.68. The first-order valence-corrected chi connectivity index (χ1v) is 7.93. The number of hydrogen-bond acceptors (Lipinski definition) is 5. The number of carbonyl (C=O) groups excluding carboxylic acids is 1. The van der Waals surface area contributed by atoms with Crippen LogP contribution in [0.25, 0.3) is 0 Å². The van der Waals surface area contributed by atoms with Crippen LogP contribution in [0.3, 0.4) is 0 Å². The van der Waals surface area contributed by atoms with Gasteiger partial charge in [0.2, 0.25) is 5.88 Å². The smallest absolute Gasteiger partial charge is 0.255 e. The highest BCUT2D eigenvalue weighted by Crippen LogP contribution is 2.26. The van der Waals surface area contributed by atoms with Gasteiger partial charge in [-0.15, -0.1) is 11.3 Å². The molecule has 0 saturated carbocycles. The van der Waals surface area contributed by atoms with Gasteiger partial charge in [-0.25, -0.2) is 9.97 Å². The van der Waals surface area contributed by atoms with Crippen molar-refractivity contribution in [2.75, 3.05) is 13.2 Å². The van der Waals surface area contributed by atoms with Crippen molar-refractivity contribution >= 4 is 28.8 Å². The number of halogens is 1. The highest BCUT2D eigenvalue weighted by atomic mass is 35.5. The summed E-state index contributed by atoms with van der Waals surface area (Å²) in [5.74, 6) is 0.297. The molecule has 0 unspecified atom stereocenters. The standard InChI is InChI=1S/C14H14ClN3O2S/c1-2-20-13-10(15)5-9(6-16-13)14(19)18-4-3-11-12(7-18)21-8-17-11/h5-6,8H,2-4,7H2,1H3. The third-order valence-electron chi connectivity index (χ3n) is 3.30. The van der Waals surface area contributed by atoms with Gasteiger partial charge in [-0.3, -0.25) is 4.79 Å². The van der Waals surface area contributed by atoms with E-state index in [0.717, 1.165) is 17.0 Å². The molecule has 0 aromatic carbocycles. The van der Waals surface area contributed by atoms with E-state index in [1.54, 1.807) is 22.3 Å². The van der Waals surface area contributed by atoms with Crippen LogP contribution in [-0.2, 0) is 13.0 Å². The monoisotopic (exact) mass is 323 g/mol. The molecule has 1 amide bonds. The van der Waals surface area contributed by atoms with Crippen LogP contribution >= 0.6 is 22.9 Å². The fourth-order valence-electron chi connectivity index (χ4n) is 2.26. The van der Waals surface area contributed by atoms with E-state index in [4.69, 9.17) is 16.3 Å². The lowest BCUT2D eigenvalue weighted by Crippen LogP contribution is -2.35. The predicted molar refractivity (Wildman–Crippen MR) is 81.0 cm³/mol. The Morgan fingerprint density at radius 3 is 3.14 bits per heavy atom. The van der Waals surface area contributed by atoms with Crippen molar-refractivity contribution in [2.45, 2.75) is 19.9 Å². The van der Waals surface area contributed by atoms with E-state index in [-0.39, 0.29) is 5.91 Å². The molecule has 2 aromatic heterocycles. The Morgan fingerprint density at radius 2 is 2.38 bits per heavy atom. The van der Waals surface area contributed by atoms with Gasteiger partial charge in [0, 0.05) is 24.0 Å². The lowest BCUT2D eigenvalue weighted by atomic mass is 10.1. The van der Waals surface area contributed by atoms with Crippen molar-refractivity contribution in [1.29, 1.82) is 0 Å². The van der Waals surface area contributed by atoms with Crippen LogP contribution in [0.1, 0.15) is 27.9 Å². The Morgan fingerprint density at radius 1 is 1.52 bits per heavy atom. The second-order valence-corrected chi connectivity index (χ2v) is 5.99. The molecule has 21 heavy (non-hydrogen) atoms. The summed E-state index contributed by atoms with van der Waals surface area (Å²) in [4.78, 5) is 23.9. The third kappa shape index (κ3) is 2.87.